The summed E-state index contributed by atoms with van der Waals surface area (Å²) in [6.45, 7) is 1.12. The molecule has 0 aliphatic carbocycles. The third-order valence-electron chi connectivity index (χ3n) is 3.03. The maximum absolute atomic E-state index is 14.0. The number of carboxylic acid groups (broad SMARTS) is 1. The Morgan fingerprint density at radius 1 is 1.16 bits per heavy atom. The molecule has 0 saturated heterocycles. The van der Waals surface area contributed by atoms with E-state index in [-0.39, 0.29) is 5.56 Å². The molecule has 0 heterocycles. The molecular formula is C15H13FO3. The Morgan fingerprint density at radius 3 is 2.32 bits per heavy atom. The fraction of sp³-hybridized carbons (Fsp3) is 0.133. The zero-order chi connectivity index (χ0) is 14.0. The Balaban J connectivity index is 2.47. The maximum atomic E-state index is 14.0. The molecule has 2 aromatic carbocycles. The van der Waals surface area contributed by atoms with E-state index in [0.717, 1.165) is 13.0 Å². The summed E-state index contributed by atoms with van der Waals surface area (Å²) < 4.78 is 14.0. The van der Waals surface area contributed by atoms with E-state index in [1.165, 1.54) is 12.1 Å². The summed E-state index contributed by atoms with van der Waals surface area (Å²) in [4.78, 5) is 10.9. The van der Waals surface area contributed by atoms with Gasteiger partial charge in [-0.05, 0) is 24.1 Å². The number of carbonyl (C=O) groups is 1. The van der Waals surface area contributed by atoms with Gasteiger partial charge in [-0.25, -0.2) is 9.18 Å². The number of hydrogen-bond donors (Lipinski definition) is 2. The van der Waals surface area contributed by atoms with E-state index in [1.807, 2.05) is 6.07 Å². The van der Waals surface area contributed by atoms with Gasteiger partial charge >= 0.3 is 5.97 Å². The van der Waals surface area contributed by atoms with Crippen LogP contribution in [0.4, 0.5) is 4.39 Å². The highest BCUT2D eigenvalue weighted by atomic mass is 19.1. The molecule has 2 N–H and O–H groups in total. The average molecular weight is 260 g/mol. The molecule has 0 spiro atoms. The number of aliphatic carboxylic acids is 1. The molecule has 0 aliphatic rings. The molecule has 0 fully saturated rings. The van der Waals surface area contributed by atoms with Crippen LogP contribution in [0.1, 0.15) is 12.5 Å². The minimum Gasteiger partial charge on any atom is -0.479 e. The fourth-order valence-corrected chi connectivity index (χ4v) is 1.79. The third-order valence-corrected chi connectivity index (χ3v) is 3.03. The molecular weight excluding hydrogens is 247 g/mol. The summed E-state index contributed by atoms with van der Waals surface area (Å²) in [6.07, 6.45) is 0. The monoisotopic (exact) mass is 260 g/mol. The van der Waals surface area contributed by atoms with Crippen molar-refractivity contribution in [3.05, 3.63) is 59.9 Å². The number of halogens is 1. The van der Waals surface area contributed by atoms with Crippen molar-refractivity contribution in [1.82, 2.24) is 0 Å². The van der Waals surface area contributed by atoms with E-state index in [0.29, 0.717) is 11.1 Å². The topological polar surface area (TPSA) is 57.5 Å². The molecule has 0 radical (unpaired) electrons. The number of benzene rings is 2. The van der Waals surface area contributed by atoms with Crippen LogP contribution in [0.5, 0.6) is 0 Å². The molecule has 2 rings (SSSR count). The van der Waals surface area contributed by atoms with Gasteiger partial charge in [-0.3, -0.25) is 0 Å². The highest BCUT2D eigenvalue weighted by Crippen LogP contribution is 2.28. The molecule has 4 heteroatoms. The zero-order valence-corrected chi connectivity index (χ0v) is 10.3. The van der Waals surface area contributed by atoms with Gasteiger partial charge in [0.15, 0.2) is 5.60 Å². The minimum absolute atomic E-state index is 0.0113. The molecule has 0 saturated carbocycles. The van der Waals surface area contributed by atoms with Crippen LogP contribution in [-0.4, -0.2) is 16.2 Å². The van der Waals surface area contributed by atoms with Crippen LogP contribution in [0.3, 0.4) is 0 Å². The van der Waals surface area contributed by atoms with Crippen molar-refractivity contribution in [2.75, 3.05) is 0 Å². The van der Waals surface area contributed by atoms with Crippen LogP contribution < -0.4 is 0 Å². The first-order valence-electron chi connectivity index (χ1n) is 5.74. The lowest BCUT2D eigenvalue weighted by Crippen LogP contribution is -2.31. The van der Waals surface area contributed by atoms with Gasteiger partial charge in [-0.15, -0.1) is 0 Å². The Bertz CT molecular complexity index is 606. The van der Waals surface area contributed by atoms with E-state index in [4.69, 9.17) is 5.11 Å². The summed E-state index contributed by atoms with van der Waals surface area (Å²) in [5, 5.41) is 18.7. The molecule has 0 aromatic heterocycles. The second-order valence-electron chi connectivity index (χ2n) is 4.44. The molecule has 0 bridgehead atoms. The van der Waals surface area contributed by atoms with Gasteiger partial charge < -0.3 is 10.2 Å². The molecule has 1 atom stereocenters. The zero-order valence-electron chi connectivity index (χ0n) is 10.3. The first kappa shape index (κ1) is 13.2. The number of aliphatic hydroxyl groups is 1. The van der Waals surface area contributed by atoms with E-state index in [1.54, 1.807) is 24.3 Å². The van der Waals surface area contributed by atoms with Gasteiger partial charge in [-0.2, -0.15) is 0 Å². The van der Waals surface area contributed by atoms with Crippen LogP contribution in [0.2, 0.25) is 0 Å². The second-order valence-corrected chi connectivity index (χ2v) is 4.44. The highest BCUT2D eigenvalue weighted by molar-refractivity contribution is 5.79. The molecule has 3 nitrogen and oxygen atoms in total. The lowest BCUT2D eigenvalue weighted by atomic mass is 9.93. The summed E-state index contributed by atoms with van der Waals surface area (Å²) in [7, 11) is 0. The van der Waals surface area contributed by atoms with Gasteiger partial charge in [0.2, 0.25) is 0 Å². The van der Waals surface area contributed by atoms with Crippen molar-refractivity contribution in [2.45, 2.75) is 12.5 Å². The van der Waals surface area contributed by atoms with Crippen LogP contribution in [0.25, 0.3) is 11.1 Å². The van der Waals surface area contributed by atoms with Crippen molar-refractivity contribution in [3.63, 3.8) is 0 Å². The van der Waals surface area contributed by atoms with Crippen molar-refractivity contribution in [1.29, 1.82) is 0 Å². The Hall–Kier alpha value is -2.20. The maximum Gasteiger partial charge on any atom is 0.340 e. The molecule has 0 amide bonds. The predicted molar refractivity (Wildman–Crippen MR) is 69.0 cm³/mol. The number of carboxylic acids is 1. The minimum atomic E-state index is -2.10. The first-order valence-corrected chi connectivity index (χ1v) is 5.74. The van der Waals surface area contributed by atoms with Gasteiger partial charge in [-0.1, -0.05) is 42.5 Å². The van der Waals surface area contributed by atoms with Crippen LogP contribution in [-0.2, 0) is 10.4 Å². The summed E-state index contributed by atoms with van der Waals surface area (Å²) in [6, 6.07) is 12.9. The van der Waals surface area contributed by atoms with Gasteiger partial charge in [0.25, 0.3) is 0 Å². The third kappa shape index (κ3) is 2.48. The normalized spacial score (nSPS) is 13.8. The largest absolute Gasteiger partial charge is 0.479 e. The molecule has 98 valence electrons. The lowest BCUT2D eigenvalue weighted by Gasteiger charge is -2.19. The van der Waals surface area contributed by atoms with Crippen molar-refractivity contribution >= 4 is 5.97 Å². The Labute approximate surface area is 109 Å². The van der Waals surface area contributed by atoms with Gasteiger partial charge in [0, 0.05) is 5.56 Å². The molecule has 19 heavy (non-hydrogen) atoms. The van der Waals surface area contributed by atoms with Crippen molar-refractivity contribution < 1.29 is 19.4 Å². The molecule has 0 aliphatic heterocycles. The van der Waals surface area contributed by atoms with E-state index in [2.05, 4.69) is 0 Å². The van der Waals surface area contributed by atoms with Crippen LogP contribution in [0, 0.1) is 5.82 Å². The van der Waals surface area contributed by atoms with Crippen molar-refractivity contribution in [3.8, 4) is 11.1 Å². The fourth-order valence-electron chi connectivity index (χ4n) is 1.79. The predicted octanol–water partition coefficient (Wildman–Crippen LogP) is 2.78. The second kappa shape index (κ2) is 4.82. The van der Waals surface area contributed by atoms with Gasteiger partial charge in [0.1, 0.15) is 5.82 Å². The standard InChI is InChI=1S/C15H13FO3/c1-15(19,14(17)18)11-7-8-12(13(16)9-11)10-5-3-2-4-6-10/h2-9,19H,1H3,(H,17,18). The molecule has 1 unspecified atom stereocenters. The number of hydrogen-bond acceptors (Lipinski definition) is 2. The summed E-state index contributed by atoms with van der Waals surface area (Å²) in [5.74, 6) is -1.98. The Kier molecular flexibility index (Phi) is 3.36. The highest BCUT2D eigenvalue weighted by Gasteiger charge is 2.32. The first-order chi connectivity index (χ1) is 8.93. The SMILES string of the molecule is CC(O)(C(=O)O)c1ccc(-c2ccccc2)c(F)c1. The smallest absolute Gasteiger partial charge is 0.340 e. The Morgan fingerprint density at radius 2 is 1.79 bits per heavy atom. The molecule has 2 aromatic rings. The van der Waals surface area contributed by atoms with E-state index in [9.17, 15) is 14.3 Å². The quantitative estimate of drug-likeness (QED) is 0.892. The summed E-state index contributed by atoms with van der Waals surface area (Å²) >= 11 is 0. The van der Waals surface area contributed by atoms with Crippen LogP contribution in [0.15, 0.2) is 48.5 Å². The van der Waals surface area contributed by atoms with Crippen LogP contribution >= 0.6 is 0 Å². The lowest BCUT2D eigenvalue weighted by molar-refractivity contribution is -0.157. The van der Waals surface area contributed by atoms with E-state index < -0.39 is 17.4 Å². The van der Waals surface area contributed by atoms with Crippen molar-refractivity contribution in [2.24, 2.45) is 0 Å². The average Bonchev–Trinajstić information content (AvgIpc) is 2.39. The number of rotatable bonds is 3. The summed E-state index contributed by atoms with van der Waals surface area (Å²) in [5.41, 5.74) is -1.03. The van der Waals surface area contributed by atoms with Gasteiger partial charge in [0.05, 0.1) is 0 Å². The van der Waals surface area contributed by atoms with E-state index >= 15 is 0 Å².